The Morgan fingerprint density at radius 3 is 2.56 bits per heavy atom. The summed E-state index contributed by atoms with van der Waals surface area (Å²) in [6.45, 7) is 2.18. The second-order valence-corrected chi connectivity index (χ2v) is 8.22. The van der Waals surface area contributed by atoms with E-state index in [2.05, 4.69) is 50.9 Å². The second kappa shape index (κ2) is 5.53. The number of halogens is 3. The van der Waals surface area contributed by atoms with Gasteiger partial charge >= 0.3 is 0 Å². The van der Waals surface area contributed by atoms with E-state index in [1.807, 2.05) is 17.4 Å². The largest absolute Gasteiger partial charge is 0.144 e. The van der Waals surface area contributed by atoms with Gasteiger partial charge in [-0.1, -0.05) is 34.5 Å². The van der Waals surface area contributed by atoms with Crippen LogP contribution in [-0.4, -0.2) is 0 Å². The predicted octanol–water partition coefficient (Wildman–Crippen LogP) is 6.27. The Hall–Kier alpha value is 0.650. The van der Waals surface area contributed by atoms with Crippen molar-refractivity contribution in [3.05, 3.63) is 41.6 Å². The Kier molecular flexibility index (Phi) is 4.52. The number of thiophene rings is 2. The van der Waals surface area contributed by atoms with Crippen LogP contribution in [0.3, 0.4) is 0 Å². The molecule has 2 heterocycles. The summed E-state index contributed by atoms with van der Waals surface area (Å²) in [5.41, 5.74) is 0. The smallest absolute Gasteiger partial charge is 0.0887 e. The summed E-state index contributed by atoms with van der Waals surface area (Å²) in [4.78, 5) is 4.25. The molecule has 0 saturated carbocycles. The molecule has 1 unspecified atom stereocenters. The molecule has 0 spiro atoms. The maximum Gasteiger partial charge on any atom is 0.0887 e. The molecule has 16 heavy (non-hydrogen) atoms. The summed E-state index contributed by atoms with van der Waals surface area (Å²) in [6.07, 6.45) is 1.10. The van der Waals surface area contributed by atoms with Gasteiger partial charge in [0.15, 0.2) is 0 Å². The van der Waals surface area contributed by atoms with Crippen LogP contribution in [0.1, 0.15) is 26.4 Å². The van der Waals surface area contributed by atoms with Crippen LogP contribution in [0, 0.1) is 0 Å². The van der Waals surface area contributed by atoms with E-state index in [-0.39, 0.29) is 4.83 Å². The van der Waals surface area contributed by atoms with Crippen LogP contribution in [0.2, 0.25) is 5.02 Å². The third-order valence-corrected chi connectivity index (χ3v) is 7.62. The molecule has 0 radical (unpaired) electrons. The molecule has 0 aliphatic heterocycles. The molecular weight excluding hydrogens is 392 g/mol. The van der Waals surface area contributed by atoms with Gasteiger partial charge in [0.05, 0.1) is 13.6 Å². The summed E-state index contributed by atoms with van der Waals surface area (Å²) in [5.74, 6) is 0. The van der Waals surface area contributed by atoms with Crippen molar-refractivity contribution in [2.45, 2.75) is 18.2 Å². The van der Waals surface area contributed by atoms with E-state index in [9.17, 15) is 0 Å². The number of aryl methyl sites for hydroxylation is 1. The fraction of sp³-hybridized carbons (Fsp3) is 0.273. The lowest BCUT2D eigenvalue weighted by Gasteiger charge is -2.03. The van der Waals surface area contributed by atoms with Crippen molar-refractivity contribution in [2.24, 2.45) is 0 Å². The molecule has 0 N–H and O–H groups in total. The predicted molar refractivity (Wildman–Crippen MR) is 81.5 cm³/mol. The van der Waals surface area contributed by atoms with Gasteiger partial charge in [-0.3, -0.25) is 0 Å². The normalized spacial score (nSPS) is 13.0. The van der Waals surface area contributed by atoms with Crippen molar-refractivity contribution >= 4 is 66.1 Å². The molecule has 0 bridgehead atoms. The van der Waals surface area contributed by atoms with E-state index in [0.717, 1.165) is 15.2 Å². The van der Waals surface area contributed by atoms with E-state index in [1.165, 1.54) is 14.6 Å². The van der Waals surface area contributed by atoms with Crippen LogP contribution in [-0.2, 0) is 6.42 Å². The monoisotopic (exact) mass is 398 g/mol. The average molecular weight is 401 g/mol. The molecule has 0 saturated heterocycles. The minimum atomic E-state index is 0.256. The van der Waals surface area contributed by atoms with Gasteiger partial charge in [0.25, 0.3) is 0 Å². The summed E-state index contributed by atoms with van der Waals surface area (Å²) in [5, 5.41) is 0.789. The molecule has 2 aromatic rings. The van der Waals surface area contributed by atoms with Crippen LogP contribution in [0.15, 0.2) is 22.0 Å². The minimum absolute atomic E-state index is 0.256. The third kappa shape index (κ3) is 2.72. The van der Waals surface area contributed by atoms with E-state index >= 15 is 0 Å². The highest BCUT2D eigenvalue weighted by Gasteiger charge is 2.16. The fourth-order valence-electron chi connectivity index (χ4n) is 1.35. The highest BCUT2D eigenvalue weighted by atomic mass is 79.9. The van der Waals surface area contributed by atoms with E-state index in [1.54, 1.807) is 11.3 Å². The molecule has 5 heteroatoms. The van der Waals surface area contributed by atoms with E-state index in [4.69, 9.17) is 11.6 Å². The minimum Gasteiger partial charge on any atom is -0.144 e. The number of alkyl halides is 1. The maximum absolute atomic E-state index is 6.04. The topological polar surface area (TPSA) is 0 Å². The van der Waals surface area contributed by atoms with Crippen molar-refractivity contribution < 1.29 is 0 Å². The van der Waals surface area contributed by atoms with Crippen molar-refractivity contribution in [3.63, 3.8) is 0 Å². The molecule has 0 aliphatic carbocycles. The fourth-order valence-corrected chi connectivity index (χ4v) is 4.96. The Morgan fingerprint density at radius 1 is 1.31 bits per heavy atom. The SMILES string of the molecule is CCc1ccc(C(Br)c2cc(Cl)c(Br)s2)s1. The van der Waals surface area contributed by atoms with Gasteiger partial charge in [0, 0.05) is 14.6 Å². The Balaban J connectivity index is 2.27. The van der Waals surface area contributed by atoms with Crippen LogP contribution in [0.5, 0.6) is 0 Å². The first-order valence-corrected chi connectivity index (χ1v) is 8.51. The van der Waals surface area contributed by atoms with E-state index < -0.39 is 0 Å². The lowest BCUT2D eigenvalue weighted by Crippen LogP contribution is -1.83. The zero-order valence-corrected chi connectivity index (χ0v) is 14.0. The standard InChI is InChI=1S/C11H9Br2ClS2/c1-2-6-3-4-8(15-6)10(12)9-5-7(14)11(13)16-9/h3-5,10H,2H2,1H3. The van der Waals surface area contributed by atoms with Gasteiger partial charge in [-0.2, -0.15) is 0 Å². The van der Waals surface area contributed by atoms with Crippen LogP contribution in [0.25, 0.3) is 0 Å². The van der Waals surface area contributed by atoms with E-state index in [0.29, 0.717) is 0 Å². The number of hydrogen-bond donors (Lipinski definition) is 0. The van der Waals surface area contributed by atoms with Crippen LogP contribution in [0.4, 0.5) is 0 Å². The Labute approximate surface area is 125 Å². The first-order chi connectivity index (χ1) is 7.61. The zero-order chi connectivity index (χ0) is 11.7. The molecule has 2 aromatic heterocycles. The third-order valence-electron chi connectivity index (χ3n) is 2.19. The van der Waals surface area contributed by atoms with Crippen molar-refractivity contribution in [3.8, 4) is 0 Å². The molecule has 2 rings (SSSR count). The van der Waals surface area contributed by atoms with Gasteiger partial charge in [0.2, 0.25) is 0 Å². The lowest BCUT2D eigenvalue weighted by molar-refractivity contribution is 1.19. The van der Waals surface area contributed by atoms with Crippen LogP contribution >= 0.6 is 66.1 Å². The zero-order valence-electron chi connectivity index (χ0n) is 8.47. The molecule has 0 aliphatic rings. The summed E-state index contributed by atoms with van der Waals surface area (Å²) >= 11 is 16.7. The Bertz CT molecular complexity index is 470. The molecule has 86 valence electrons. The molecule has 0 amide bonds. The quantitative estimate of drug-likeness (QED) is 0.533. The number of rotatable bonds is 3. The first-order valence-electron chi connectivity index (χ1n) is 4.79. The molecule has 0 fully saturated rings. The highest BCUT2D eigenvalue weighted by molar-refractivity contribution is 9.11. The summed E-state index contributed by atoms with van der Waals surface area (Å²) in [6, 6.07) is 6.39. The van der Waals surface area contributed by atoms with Gasteiger partial charge in [0.1, 0.15) is 0 Å². The summed E-state index contributed by atoms with van der Waals surface area (Å²) < 4.78 is 1.00. The van der Waals surface area contributed by atoms with Crippen molar-refractivity contribution in [1.29, 1.82) is 0 Å². The lowest BCUT2D eigenvalue weighted by atomic mass is 10.3. The van der Waals surface area contributed by atoms with Crippen LogP contribution < -0.4 is 0 Å². The molecule has 1 atom stereocenters. The molecule has 0 nitrogen and oxygen atoms in total. The number of hydrogen-bond acceptors (Lipinski definition) is 2. The molecular formula is C11H9Br2ClS2. The van der Waals surface area contributed by atoms with Gasteiger partial charge in [-0.25, -0.2) is 0 Å². The van der Waals surface area contributed by atoms with Gasteiger partial charge < -0.3 is 0 Å². The van der Waals surface area contributed by atoms with Crippen molar-refractivity contribution in [2.75, 3.05) is 0 Å². The maximum atomic E-state index is 6.04. The highest BCUT2D eigenvalue weighted by Crippen LogP contribution is 2.43. The van der Waals surface area contributed by atoms with Crippen molar-refractivity contribution in [1.82, 2.24) is 0 Å². The summed E-state index contributed by atoms with van der Waals surface area (Å²) in [7, 11) is 0. The van der Waals surface area contributed by atoms with Gasteiger partial charge in [-0.15, -0.1) is 22.7 Å². The second-order valence-electron chi connectivity index (χ2n) is 3.29. The first kappa shape index (κ1) is 13.1. The molecule has 0 aromatic carbocycles. The van der Waals surface area contributed by atoms with Gasteiger partial charge in [-0.05, 0) is 40.5 Å². The Morgan fingerprint density at radius 2 is 2.06 bits per heavy atom. The average Bonchev–Trinajstić information content (AvgIpc) is 2.86.